The fourth-order valence-electron chi connectivity index (χ4n) is 1.28. The third-order valence-corrected chi connectivity index (χ3v) is 2.04. The quantitative estimate of drug-likeness (QED) is 0.803. The van der Waals surface area contributed by atoms with Crippen LogP contribution in [-0.4, -0.2) is 24.7 Å². The van der Waals surface area contributed by atoms with Crippen LogP contribution in [0.2, 0.25) is 0 Å². The van der Waals surface area contributed by atoms with E-state index in [1.165, 1.54) is 0 Å². The monoisotopic (exact) mass is 205 g/mol. The number of nitrogens with one attached hydrogen (secondary N) is 1. The molecule has 4 heteroatoms. The molecule has 1 heterocycles. The zero-order valence-electron chi connectivity index (χ0n) is 9.24. The zero-order chi connectivity index (χ0) is 11.3. The molecule has 0 fully saturated rings. The molecule has 0 aromatic carbocycles. The minimum atomic E-state index is -0.00333. The Kier molecular flexibility index (Phi) is 4.07. The summed E-state index contributed by atoms with van der Waals surface area (Å²) in [6.45, 7) is 4.53. The van der Waals surface area contributed by atoms with E-state index >= 15 is 0 Å². The van der Waals surface area contributed by atoms with Crippen LogP contribution in [0.3, 0.4) is 0 Å². The zero-order valence-corrected chi connectivity index (χ0v) is 9.24. The predicted octanol–water partition coefficient (Wildman–Crippen LogP) is 1.25. The van der Waals surface area contributed by atoms with Gasteiger partial charge in [0.2, 0.25) is 5.88 Å². The van der Waals surface area contributed by atoms with Crippen LogP contribution >= 0.6 is 0 Å². The summed E-state index contributed by atoms with van der Waals surface area (Å²) >= 11 is 0. The standard InChI is InChI=1S/C11H15N3O/c1-8-4-5-14-11(10(8)6-12)15-9(2)7-13-3/h4-5,9,13H,7H2,1-3H3. The number of likely N-dealkylation sites (N-methyl/N-ethyl adjacent to an activating group) is 1. The summed E-state index contributed by atoms with van der Waals surface area (Å²) in [5.41, 5.74) is 1.40. The van der Waals surface area contributed by atoms with Gasteiger partial charge >= 0.3 is 0 Å². The number of hydrogen-bond acceptors (Lipinski definition) is 4. The lowest BCUT2D eigenvalue weighted by Crippen LogP contribution is -2.26. The minimum Gasteiger partial charge on any atom is -0.472 e. The number of rotatable bonds is 4. The average Bonchev–Trinajstić information content (AvgIpc) is 2.18. The van der Waals surface area contributed by atoms with Crippen LogP contribution in [0.1, 0.15) is 18.1 Å². The lowest BCUT2D eigenvalue weighted by atomic mass is 10.2. The van der Waals surface area contributed by atoms with Gasteiger partial charge in [-0.05, 0) is 32.5 Å². The van der Waals surface area contributed by atoms with Gasteiger partial charge in [-0.15, -0.1) is 0 Å². The maximum absolute atomic E-state index is 8.96. The molecular weight excluding hydrogens is 190 g/mol. The Morgan fingerprint density at radius 2 is 2.40 bits per heavy atom. The Morgan fingerprint density at radius 3 is 3.00 bits per heavy atom. The van der Waals surface area contributed by atoms with Crippen LogP contribution in [0.4, 0.5) is 0 Å². The van der Waals surface area contributed by atoms with Gasteiger partial charge in [-0.2, -0.15) is 5.26 Å². The molecule has 1 aromatic heterocycles. The fraction of sp³-hybridized carbons (Fsp3) is 0.455. The van der Waals surface area contributed by atoms with E-state index in [0.29, 0.717) is 11.4 Å². The Hall–Kier alpha value is -1.60. The molecule has 80 valence electrons. The van der Waals surface area contributed by atoms with Gasteiger partial charge < -0.3 is 10.1 Å². The summed E-state index contributed by atoms with van der Waals surface area (Å²) < 4.78 is 5.56. The van der Waals surface area contributed by atoms with Gasteiger partial charge in [-0.25, -0.2) is 4.98 Å². The average molecular weight is 205 g/mol. The van der Waals surface area contributed by atoms with Gasteiger partial charge in [-0.1, -0.05) is 0 Å². The van der Waals surface area contributed by atoms with E-state index in [1.807, 2.05) is 20.9 Å². The number of nitrogens with zero attached hydrogens (tertiary/aromatic N) is 2. The van der Waals surface area contributed by atoms with Crippen molar-refractivity contribution in [2.75, 3.05) is 13.6 Å². The summed E-state index contributed by atoms with van der Waals surface area (Å²) in [7, 11) is 1.86. The lowest BCUT2D eigenvalue weighted by Gasteiger charge is -2.14. The van der Waals surface area contributed by atoms with Crippen molar-refractivity contribution >= 4 is 0 Å². The largest absolute Gasteiger partial charge is 0.472 e. The molecule has 0 aliphatic heterocycles. The molecule has 4 nitrogen and oxygen atoms in total. The molecule has 1 rings (SSSR count). The number of hydrogen-bond donors (Lipinski definition) is 1. The lowest BCUT2D eigenvalue weighted by molar-refractivity contribution is 0.211. The minimum absolute atomic E-state index is 0.00333. The molecule has 1 N–H and O–H groups in total. The number of aromatic nitrogens is 1. The van der Waals surface area contributed by atoms with Crippen LogP contribution in [0.5, 0.6) is 5.88 Å². The summed E-state index contributed by atoms with van der Waals surface area (Å²) in [5.74, 6) is 0.417. The molecule has 0 amide bonds. The molecule has 0 aliphatic rings. The van der Waals surface area contributed by atoms with Crippen LogP contribution < -0.4 is 10.1 Å². The van der Waals surface area contributed by atoms with E-state index in [-0.39, 0.29) is 6.10 Å². The Morgan fingerprint density at radius 1 is 1.67 bits per heavy atom. The smallest absolute Gasteiger partial charge is 0.232 e. The molecule has 1 unspecified atom stereocenters. The highest BCUT2D eigenvalue weighted by Gasteiger charge is 2.10. The molecule has 1 atom stereocenters. The molecule has 15 heavy (non-hydrogen) atoms. The predicted molar refractivity (Wildman–Crippen MR) is 57.7 cm³/mol. The van der Waals surface area contributed by atoms with Gasteiger partial charge in [0.25, 0.3) is 0 Å². The van der Waals surface area contributed by atoms with Crippen molar-refractivity contribution in [2.45, 2.75) is 20.0 Å². The Balaban J connectivity index is 2.86. The molecule has 0 aliphatic carbocycles. The van der Waals surface area contributed by atoms with E-state index in [9.17, 15) is 0 Å². The Bertz CT molecular complexity index is 371. The first-order valence-electron chi connectivity index (χ1n) is 4.86. The summed E-state index contributed by atoms with van der Waals surface area (Å²) in [4.78, 5) is 4.06. The number of pyridine rings is 1. The van der Waals surface area contributed by atoms with E-state index in [1.54, 1.807) is 12.3 Å². The maximum Gasteiger partial charge on any atom is 0.232 e. The molecule has 0 saturated carbocycles. The van der Waals surface area contributed by atoms with Crippen LogP contribution in [0.25, 0.3) is 0 Å². The molecule has 0 spiro atoms. The highest BCUT2D eigenvalue weighted by molar-refractivity contribution is 5.43. The van der Waals surface area contributed by atoms with Gasteiger partial charge in [0.05, 0.1) is 0 Å². The number of nitriles is 1. The van der Waals surface area contributed by atoms with E-state index < -0.39 is 0 Å². The first-order valence-corrected chi connectivity index (χ1v) is 4.86. The molecule has 0 radical (unpaired) electrons. The number of ether oxygens (including phenoxy) is 1. The summed E-state index contributed by atoms with van der Waals surface area (Å²) in [6, 6.07) is 3.90. The van der Waals surface area contributed by atoms with Crippen molar-refractivity contribution in [3.05, 3.63) is 23.4 Å². The van der Waals surface area contributed by atoms with Gasteiger partial charge in [-0.3, -0.25) is 0 Å². The van der Waals surface area contributed by atoms with Gasteiger partial charge in [0, 0.05) is 12.7 Å². The molecular formula is C11H15N3O. The second-order valence-electron chi connectivity index (χ2n) is 3.41. The van der Waals surface area contributed by atoms with Crippen molar-refractivity contribution in [1.82, 2.24) is 10.3 Å². The van der Waals surface area contributed by atoms with Gasteiger partial charge in [0.1, 0.15) is 17.7 Å². The van der Waals surface area contributed by atoms with E-state index in [0.717, 1.165) is 12.1 Å². The van der Waals surface area contributed by atoms with Crippen molar-refractivity contribution < 1.29 is 4.74 Å². The molecule has 0 saturated heterocycles. The second-order valence-corrected chi connectivity index (χ2v) is 3.41. The van der Waals surface area contributed by atoms with Crippen molar-refractivity contribution in [3.63, 3.8) is 0 Å². The first kappa shape index (κ1) is 11.5. The SMILES string of the molecule is CNCC(C)Oc1nccc(C)c1C#N. The van der Waals surface area contributed by atoms with Crippen LogP contribution in [0.15, 0.2) is 12.3 Å². The first-order chi connectivity index (χ1) is 7.19. The van der Waals surface area contributed by atoms with E-state index in [4.69, 9.17) is 10.00 Å². The highest BCUT2D eigenvalue weighted by atomic mass is 16.5. The maximum atomic E-state index is 8.96. The molecule has 1 aromatic rings. The van der Waals surface area contributed by atoms with E-state index in [2.05, 4.69) is 16.4 Å². The van der Waals surface area contributed by atoms with Crippen LogP contribution in [0, 0.1) is 18.3 Å². The summed E-state index contributed by atoms with van der Waals surface area (Å²) in [5, 5.41) is 12.0. The second kappa shape index (κ2) is 5.32. The van der Waals surface area contributed by atoms with Crippen molar-refractivity contribution in [2.24, 2.45) is 0 Å². The summed E-state index contributed by atoms with van der Waals surface area (Å²) in [6.07, 6.45) is 1.65. The topological polar surface area (TPSA) is 57.9 Å². The van der Waals surface area contributed by atoms with Crippen LogP contribution in [-0.2, 0) is 0 Å². The normalized spacial score (nSPS) is 11.9. The highest BCUT2D eigenvalue weighted by Crippen LogP contribution is 2.18. The molecule has 0 bridgehead atoms. The van der Waals surface area contributed by atoms with Crippen molar-refractivity contribution in [1.29, 1.82) is 5.26 Å². The Labute approximate surface area is 89.9 Å². The number of aryl methyl sites for hydroxylation is 1. The fourth-order valence-corrected chi connectivity index (χ4v) is 1.28. The van der Waals surface area contributed by atoms with Gasteiger partial charge in [0.15, 0.2) is 0 Å². The van der Waals surface area contributed by atoms with Crippen molar-refractivity contribution in [3.8, 4) is 11.9 Å². The third kappa shape index (κ3) is 2.93. The third-order valence-electron chi connectivity index (χ3n) is 2.04.